The minimum Gasteiger partial charge on any atom is -0.355 e. The lowest BCUT2D eigenvalue weighted by molar-refractivity contribution is -0.121. The molecule has 0 aromatic heterocycles. The number of hydrogen-bond donors (Lipinski definition) is 1. The average molecular weight is 415 g/mol. The van der Waals surface area contributed by atoms with Crippen molar-refractivity contribution in [3.63, 3.8) is 0 Å². The molecule has 0 spiro atoms. The molecule has 1 aliphatic rings. The molecule has 0 saturated carbocycles. The van der Waals surface area contributed by atoms with E-state index in [0.717, 1.165) is 18.4 Å². The molecule has 1 fully saturated rings. The Balaban J connectivity index is 1.50. The molecule has 3 rings (SSSR count). The van der Waals surface area contributed by atoms with Gasteiger partial charge in [0.2, 0.25) is 15.9 Å². The van der Waals surface area contributed by atoms with Crippen LogP contribution in [0.3, 0.4) is 0 Å². The predicted molar refractivity (Wildman–Crippen MR) is 115 cm³/mol. The monoisotopic (exact) mass is 414 g/mol. The van der Waals surface area contributed by atoms with E-state index in [1.165, 1.54) is 5.56 Å². The van der Waals surface area contributed by atoms with E-state index < -0.39 is 10.0 Å². The summed E-state index contributed by atoms with van der Waals surface area (Å²) < 4.78 is 26.7. The Morgan fingerprint density at radius 2 is 1.62 bits per heavy atom. The molecule has 2 aromatic carbocycles. The van der Waals surface area contributed by atoms with Crippen molar-refractivity contribution in [1.82, 2.24) is 9.62 Å². The fourth-order valence-electron chi connectivity index (χ4n) is 3.56. The summed E-state index contributed by atoms with van der Waals surface area (Å²) in [5.74, 6) is 0.00257. The molecule has 0 atom stereocenters. The number of nitrogens with one attached hydrogen (secondary N) is 1. The number of hydrogen-bond acceptors (Lipinski definition) is 3. The smallest absolute Gasteiger partial charge is 0.243 e. The van der Waals surface area contributed by atoms with Crippen LogP contribution in [-0.4, -0.2) is 38.3 Å². The first kappa shape index (κ1) is 21.5. The van der Waals surface area contributed by atoms with Gasteiger partial charge in [0, 0.05) is 31.5 Å². The van der Waals surface area contributed by atoms with E-state index in [4.69, 9.17) is 0 Å². The number of nitrogens with zero attached hydrogens (tertiary/aromatic N) is 1. The van der Waals surface area contributed by atoms with Gasteiger partial charge in [0.05, 0.1) is 4.90 Å². The highest BCUT2D eigenvalue weighted by atomic mass is 32.2. The summed E-state index contributed by atoms with van der Waals surface area (Å²) in [5.41, 5.74) is 2.01. The van der Waals surface area contributed by atoms with E-state index in [2.05, 4.69) is 31.3 Å². The Labute approximate surface area is 174 Å². The van der Waals surface area contributed by atoms with E-state index in [0.29, 0.717) is 37.4 Å². The zero-order valence-corrected chi connectivity index (χ0v) is 18.0. The standard InChI is InChI=1S/C23H30N2O3S/c1-23(2,20-8-4-3-5-9-20)18-24-22(26)15-12-19-10-13-21(14-11-19)29(27,28)25-16-6-7-17-25/h3-5,8-11,13-14H,6-7,12,15-18H2,1-2H3,(H,24,26). The maximum atomic E-state index is 12.6. The predicted octanol–water partition coefficient (Wildman–Crippen LogP) is 3.50. The second-order valence-corrected chi connectivity index (χ2v) is 10.2. The van der Waals surface area contributed by atoms with Crippen LogP contribution in [0.1, 0.15) is 44.2 Å². The molecule has 1 saturated heterocycles. The van der Waals surface area contributed by atoms with E-state index in [1.54, 1.807) is 16.4 Å². The van der Waals surface area contributed by atoms with E-state index in [1.807, 2.05) is 30.3 Å². The maximum Gasteiger partial charge on any atom is 0.243 e. The van der Waals surface area contributed by atoms with Crippen LogP contribution in [0, 0.1) is 0 Å². The van der Waals surface area contributed by atoms with Gasteiger partial charge in [-0.2, -0.15) is 4.31 Å². The topological polar surface area (TPSA) is 66.5 Å². The normalized spacial score (nSPS) is 15.4. The lowest BCUT2D eigenvalue weighted by Gasteiger charge is -2.25. The van der Waals surface area contributed by atoms with Gasteiger partial charge in [-0.3, -0.25) is 4.79 Å². The van der Waals surface area contributed by atoms with Gasteiger partial charge >= 0.3 is 0 Å². The molecule has 5 nitrogen and oxygen atoms in total. The fourth-order valence-corrected chi connectivity index (χ4v) is 5.08. The summed E-state index contributed by atoms with van der Waals surface area (Å²) in [6.45, 7) is 6.00. The van der Waals surface area contributed by atoms with Crippen molar-refractivity contribution in [3.8, 4) is 0 Å². The molecule has 156 valence electrons. The van der Waals surface area contributed by atoms with Crippen LogP contribution in [0.15, 0.2) is 59.5 Å². The van der Waals surface area contributed by atoms with Crippen LogP contribution >= 0.6 is 0 Å². The van der Waals surface area contributed by atoms with Crippen molar-refractivity contribution in [2.75, 3.05) is 19.6 Å². The molecule has 0 unspecified atom stereocenters. The molecule has 1 heterocycles. The minimum absolute atomic E-state index is 0.00257. The van der Waals surface area contributed by atoms with Gasteiger partial charge < -0.3 is 5.32 Å². The van der Waals surface area contributed by atoms with E-state index in [9.17, 15) is 13.2 Å². The lowest BCUT2D eigenvalue weighted by atomic mass is 9.84. The number of carbonyl (C=O) groups is 1. The molecule has 0 radical (unpaired) electrons. The Hall–Kier alpha value is -2.18. The molecule has 2 aromatic rings. The first-order chi connectivity index (χ1) is 13.8. The third kappa shape index (κ3) is 5.46. The zero-order valence-electron chi connectivity index (χ0n) is 17.2. The van der Waals surface area contributed by atoms with Gasteiger partial charge in [0.25, 0.3) is 0 Å². The number of benzene rings is 2. The molecule has 1 aliphatic heterocycles. The number of aryl methyl sites for hydroxylation is 1. The van der Waals surface area contributed by atoms with Crippen LogP contribution in [0.25, 0.3) is 0 Å². The summed E-state index contributed by atoms with van der Waals surface area (Å²) in [5, 5.41) is 3.02. The van der Waals surface area contributed by atoms with Gasteiger partial charge in [-0.05, 0) is 42.5 Å². The van der Waals surface area contributed by atoms with Crippen molar-refractivity contribution >= 4 is 15.9 Å². The third-order valence-electron chi connectivity index (χ3n) is 5.55. The molecule has 29 heavy (non-hydrogen) atoms. The Morgan fingerprint density at radius 1 is 1.00 bits per heavy atom. The van der Waals surface area contributed by atoms with Gasteiger partial charge in [0.1, 0.15) is 0 Å². The second kappa shape index (κ2) is 9.09. The zero-order chi connectivity index (χ0) is 20.9. The quantitative estimate of drug-likeness (QED) is 0.719. The third-order valence-corrected chi connectivity index (χ3v) is 7.46. The van der Waals surface area contributed by atoms with Crippen LogP contribution in [0.5, 0.6) is 0 Å². The second-order valence-electron chi connectivity index (χ2n) is 8.28. The first-order valence-electron chi connectivity index (χ1n) is 10.2. The van der Waals surface area contributed by atoms with Gasteiger partial charge in [-0.25, -0.2) is 8.42 Å². The maximum absolute atomic E-state index is 12.6. The van der Waals surface area contributed by atoms with E-state index >= 15 is 0 Å². The molecular weight excluding hydrogens is 384 g/mol. The molecule has 0 aliphatic carbocycles. The Kier molecular flexibility index (Phi) is 6.75. The van der Waals surface area contributed by atoms with Gasteiger partial charge in [-0.1, -0.05) is 56.3 Å². The highest BCUT2D eigenvalue weighted by molar-refractivity contribution is 7.89. The largest absolute Gasteiger partial charge is 0.355 e. The summed E-state index contributed by atoms with van der Waals surface area (Å²) in [7, 11) is -3.38. The van der Waals surface area contributed by atoms with Gasteiger partial charge in [-0.15, -0.1) is 0 Å². The first-order valence-corrected chi connectivity index (χ1v) is 11.6. The van der Waals surface area contributed by atoms with Gasteiger partial charge in [0.15, 0.2) is 0 Å². The average Bonchev–Trinajstić information content (AvgIpc) is 3.28. The summed E-state index contributed by atoms with van der Waals surface area (Å²) >= 11 is 0. The van der Waals surface area contributed by atoms with Crippen molar-refractivity contribution in [3.05, 3.63) is 65.7 Å². The van der Waals surface area contributed by atoms with Crippen LogP contribution in [0.2, 0.25) is 0 Å². The Morgan fingerprint density at radius 3 is 2.24 bits per heavy atom. The number of carbonyl (C=O) groups excluding carboxylic acids is 1. The summed E-state index contributed by atoms with van der Waals surface area (Å²) in [6.07, 6.45) is 2.81. The van der Waals surface area contributed by atoms with Crippen molar-refractivity contribution < 1.29 is 13.2 Å². The fraction of sp³-hybridized carbons (Fsp3) is 0.435. The van der Waals surface area contributed by atoms with Crippen LogP contribution in [-0.2, 0) is 26.7 Å². The highest BCUT2D eigenvalue weighted by Gasteiger charge is 2.27. The van der Waals surface area contributed by atoms with Crippen LogP contribution < -0.4 is 5.32 Å². The molecule has 1 N–H and O–H groups in total. The van der Waals surface area contributed by atoms with E-state index in [-0.39, 0.29) is 11.3 Å². The number of rotatable bonds is 8. The Bertz CT molecular complexity index is 916. The molecule has 1 amide bonds. The minimum atomic E-state index is -3.38. The molecule has 0 bridgehead atoms. The summed E-state index contributed by atoms with van der Waals surface area (Å²) in [6, 6.07) is 17.1. The molecule has 6 heteroatoms. The SMILES string of the molecule is CC(C)(CNC(=O)CCc1ccc(S(=O)(=O)N2CCCC2)cc1)c1ccccc1. The number of amides is 1. The summed E-state index contributed by atoms with van der Waals surface area (Å²) in [4.78, 5) is 12.6. The highest BCUT2D eigenvalue weighted by Crippen LogP contribution is 2.22. The molecular formula is C23H30N2O3S. The van der Waals surface area contributed by atoms with Crippen molar-refractivity contribution in [2.24, 2.45) is 0 Å². The van der Waals surface area contributed by atoms with Crippen LogP contribution in [0.4, 0.5) is 0 Å². The van der Waals surface area contributed by atoms with Crippen molar-refractivity contribution in [2.45, 2.75) is 49.8 Å². The van der Waals surface area contributed by atoms with Crippen molar-refractivity contribution in [1.29, 1.82) is 0 Å². The number of sulfonamides is 1. The lowest BCUT2D eigenvalue weighted by Crippen LogP contribution is -2.36.